The van der Waals surface area contributed by atoms with Gasteiger partial charge < -0.3 is 6.15 Å². The average molecular weight is 174 g/mol. The van der Waals surface area contributed by atoms with Crippen molar-refractivity contribution in [3.05, 3.63) is 0 Å². The first kappa shape index (κ1) is 22.4. The molecule has 0 fully saturated rings. The number of hydrogen-bond donors (Lipinski definition) is 2. The Morgan fingerprint density at radius 2 is 1.25 bits per heavy atom. The van der Waals surface area contributed by atoms with Crippen LogP contribution in [0.15, 0.2) is 0 Å². The van der Waals surface area contributed by atoms with Crippen LogP contribution in [0.4, 0.5) is 0 Å². The average Bonchev–Trinajstić information content (AvgIpc) is 1.92. The Morgan fingerprint density at radius 1 is 1.08 bits per heavy atom. The molecule has 0 aromatic rings. The van der Waals surface area contributed by atoms with Crippen LogP contribution >= 0.6 is 0 Å². The molecule has 0 rings (SSSR count). The van der Waals surface area contributed by atoms with E-state index in [2.05, 4.69) is 4.57 Å². The van der Waals surface area contributed by atoms with Crippen LogP contribution in [0.25, 0.3) is 0 Å². The van der Waals surface area contributed by atoms with Crippen molar-refractivity contribution in [2.75, 3.05) is 0 Å². The summed E-state index contributed by atoms with van der Waals surface area (Å²) in [5.41, 5.74) is 0. The van der Waals surface area contributed by atoms with E-state index in [0.717, 1.165) is 0 Å². The minimum absolute atomic E-state index is 0. The number of hydrogen-bond acceptors (Lipinski definition) is 6. The van der Waals surface area contributed by atoms with Gasteiger partial charge in [-0.25, -0.2) is 0 Å². The van der Waals surface area contributed by atoms with Gasteiger partial charge in [-0.05, 0) is 0 Å². The SMILES string of the molecule is O=BO.O=BOB=O.O=B[O-].[NH4+]. The van der Waals surface area contributed by atoms with E-state index in [0.29, 0.717) is 0 Å². The predicted octanol–water partition coefficient (Wildman–Crippen LogP) is -3.44. The van der Waals surface area contributed by atoms with Gasteiger partial charge in [0, 0.05) is 0 Å². The molecular formula is H5B4NO7. The van der Waals surface area contributed by atoms with E-state index in [1.165, 1.54) is 0 Å². The first-order valence-corrected chi connectivity index (χ1v) is 1.91. The fourth-order valence-corrected chi connectivity index (χ4v) is 0.0227. The molecular weight excluding hydrogens is 169 g/mol. The minimum Gasteiger partial charge on any atom is -0.369 e. The standard InChI is InChI=1S/B2O3.BHO2.BO2.H3N/c3-1-5-2-4;2*2-1-3;/h;2H;;1H3/q;;-1;/p+1. The predicted molar refractivity (Wildman–Crippen MR) is 35.1 cm³/mol. The van der Waals surface area contributed by atoms with E-state index in [9.17, 15) is 0 Å². The van der Waals surface area contributed by atoms with Crippen LogP contribution < -0.4 is 11.2 Å². The fraction of sp³-hybridized carbons (Fsp3) is 0. The molecule has 0 saturated carbocycles. The van der Waals surface area contributed by atoms with Crippen molar-refractivity contribution >= 4 is 29.4 Å². The molecule has 0 bridgehead atoms. The van der Waals surface area contributed by atoms with Gasteiger partial charge in [0.1, 0.15) is 0 Å². The van der Waals surface area contributed by atoms with Crippen molar-refractivity contribution in [3.8, 4) is 0 Å². The van der Waals surface area contributed by atoms with Crippen LogP contribution in [0.3, 0.4) is 0 Å². The molecule has 0 aliphatic rings. The molecule has 0 spiro atoms. The van der Waals surface area contributed by atoms with Crippen molar-refractivity contribution in [1.82, 2.24) is 6.15 Å². The van der Waals surface area contributed by atoms with Gasteiger partial charge in [-0.15, -0.1) is 0 Å². The summed E-state index contributed by atoms with van der Waals surface area (Å²) in [4.78, 5) is 0. The van der Waals surface area contributed by atoms with Crippen molar-refractivity contribution in [1.29, 1.82) is 0 Å². The fourth-order valence-electron chi connectivity index (χ4n) is 0.0227. The molecule has 5 N–H and O–H groups in total. The molecule has 0 aliphatic carbocycles. The van der Waals surface area contributed by atoms with E-state index in [4.69, 9.17) is 28.9 Å². The van der Waals surface area contributed by atoms with Gasteiger partial charge in [-0.3, -0.25) is 0 Å². The summed E-state index contributed by atoms with van der Waals surface area (Å²) in [5, 5.41) is 15.1. The van der Waals surface area contributed by atoms with Gasteiger partial charge in [0.2, 0.25) is 0 Å². The van der Waals surface area contributed by atoms with E-state index < -0.39 is 7.35 Å². The van der Waals surface area contributed by atoms with Crippen LogP contribution in [-0.2, 0) is 23.4 Å². The van der Waals surface area contributed by atoms with Crippen molar-refractivity contribution in [2.45, 2.75) is 0 Å². The second-order valence-electron chi connectivity index (χ2n) is 0.530. The third kappa shape index (κ3) is 803. The van der Waals surface area contributed by atoms with Gasteiger partial charge in [-0.1, -0.05) is 0 Å². The number of quaternary nitrogens is 1. The maximum absolute atomic E-state index is 8.95. The van der Waals surface area contributed by atoms with E-state index in [-0.39, 0.29) is 28.2 Å². The molecule has 0 aliphatic heterocycles. The molecule has 0 heterocycles. The molecule has 0 atom stereocenters. The summed E-state index contributed by atoms with van der Waals surface area (Å²) < 4.78 is 38.0. The van der Waals surface area contributed by atoms with Crippen molar-refractivity contribution in [3.63, 3.8) is 0 Å². The second kappa shape index (κ2) is 52.4. The Morgan fingerprint density at radius 3 is 1.25 bits per heavy atom. The maximum Gasteiger partial charge on any atom is -0.369 e. The van der Waals surface area contributed by atoms with Gasteiger partial charge in [0.15, 0.2) is 0 Å². The van der Waals surface area contributed by atoms with Crippen LogP contribution in [0.2, 0.25) is 0 Å². The Bertz CT molecular complexity index is 91.6. The topological polar surface area (TPSA) is 157 Å². The maximum atomic E-state index is 8.95. The smallest absolute Gasteiger partial charge is 0.369 e. The summed E-state index contributed by atoms with van der Waals surface area (Å²) in [6.45, 7) is 0. The normalized spacial score (nSPS) is 3.00. The molecule has 0 saturated heterocycles. The first-order valence-electron chi connectivity index (χ1n) is 1.91. The zero-order valence-corrected chi connectivity index (χ0v) is 6.21. The van der Waals surface area contributed by atoms with Gasteiger partial charge in [0.05, 0.1) is 0 Å². The number of rotatable bonds is 2. The quantitative estimate of drug-likeness (QED) is 0.412. The molecule has 64 valence electrons. The molecule has 0 unspecified atom stereocenters. The van der Waals surface area contributed by atoms with Gasteiger partial charge in [0.25, 0.3) is 0 Å². The van der Waals surface area contributed by atoms with E-state index >= 15 is 0 Å². The Labute approximate surface area is 70.0 Å². The Hall–Kier alpha value is -1.18. The molecule has 0 aromatic heterocycles. The Kier molecular flexibility index (Phi) is 97.9. The summed E-state index contributed by atoms with van der Waals surface area (Å²) in [7, 11) is -0.625. The minimum atomic E-state index is -0.500. The van der Waals surface area contributed by atoms with Crippen LogP contribution in [0.1, 0.15) is 0 Å². The van der Waals surface area contributed by atoms with Gasteiger partial charge in [-0.2, -0.15) is 0 Å². The molecule has 0 radical (unpaired) electrons. The molecule has 0 aromatic carbocycles. The largest absolute Gasteiger partial charge is 0.369 e. The Balaban J connectivity index is -0.0000000406. The zero-order valence-electron chi connectivity index (χ0n) is 6.21. The third-order valence-corrected chi connectivity index (χ3v) is 0.111. The summed E-state index contributed by atoms with van der Waals surface area (Å²) in [6, 6.07) is 0. The summed E-state index contributed by atoms with van der Waals surface area (Å²) >= 11 is 0. The van der Waals surface area contributed by atoms with E-state index in [1.54, 1.807) is 0 Å². The molecule has 12 heteroatoms. The third-order valence-electron chi connectivity index (χ3n) is 0.111. The first-order chi connectivity index (χ1) is 5.24. The molecule has 12 heavy (non-hydrogen) atoms. The summed E-state index contributed by atoms with van der Waals surface area (Å²) in [5.74, 6) is 0. The van der Waals surface area contributed by atoms with Crippen LogP contribution in [0.5, 0.6) is 0 Å². The molecule has 0 amide bonds. The van der Waals surface area contributed by atoms with Crippen LogP contribution in [-0.4, -0.2) is 34.4 Å². The van der Waals surface area contributed by atoms with Crippen LogP contribution in [0, 0.1) is 0 Å². The van der Waals surface area contributed by atoms with Crippen molar-refractivity contribution in [2.24, 2.45) is 0 Å². The molecule has 8 nitrogen and oxygen atoms in total. The van der Waals surface area contributed by atoms with E-state index in [1.807, 2.05) is 0 Å². The zero-order chi connectivity index (χ0) is 9.54. The summed E-state index contributed by atoms with van der Waals surface area (Å²) in [6.07, 6.45) is 0. The second-order valence-corrected chi connectivity index (χ2v) is 0.530. The van der Waals surface area contributed by atoms with Crippen molar-refractivity contribution < 1.29 is 33.4 Å². The monoisotopic (exact) mass is 175 g/mol. The van der Waals surface area contributed by atoms with Gasteiger partial charge >= 0.3 is 62.8 Å².